The van der Waals surface area contributed by atoms with Crippen molar-refractivity contribution < 1.29 is 8.78 Å². The maximum Gasteiger partial charge on any atom is 0.131 e. The fraction of sp³-hybridized carbons (Fsp3) is 0.294. The zero-order valence-electron chi connectivity index (χ0n) is 12.0. The molecule has 1 nitrogen and oxygen atoms in total. The van der Waals surface area contributed by atoms with Crippen molar-refractivity contribution in [2.24, 2.45) is 0 Å². The highest BCUT2D eigenvalue weighted by atomic mass is 19.1. The van der Waals surface area contributed by atoms with Gasteiger partial charge in [0.05, 0.1) is 0 Å². The van der Waals surface area contributed by atoms with Gasteiger partial charge in [-0.3, -0.25) is 0 Å². The molecule has 20 heavy (non-hydrogen) atoms. The lowest BCUT2D eigenvalue weighted by Gasteiger charge is -2.15. The van der Waals surface area contributed by atoms with E-state index in [2.05, 4.69) is 5.32 Å². The molecule has 0 spiro atoms. The van der Waals surface area contributed by atoms with Crippen LogP contribution in [-0.2, 0) is 0 Å². The lowest BCUT2D eigenvalue weighted by atomic mass is 9.98. The Hall–Kier alpha value is -1.74. The first-order chi connectivity index (χ1) is 9.52. The number of hydrogen-bond acceptors (Lipinski definition) is 1. The van der Waals surface area contributed by atoms with Gasteiger partial charge in [-0.15, -0.1) is 0 Å². The predicted octanol–water partition coefficient (Wildman–Crippen LogP) is 4.61. The number of nitrogens with one attached hydrogen (secondary N) is 1. The zero-order chi connectivity index (χ0) is 14.7. The number of aryl methyl sites for hydroxylation is 1. The minimum absolute atomic E-state index is 0.154. The van der Waals surface area contributed by atoms with Crippen molar-refractivity contribution in [3.8, 4) is 11.1 Å². The number of benzene rings is 2. The van der Waals surface area contributed by atoms with Crippen molar-refractivity contribution in [3.05, 3.63) is 59.2 Å². The normalized spacial score (nSPS) is 12.4. The van der Waals surface area contributed by atoms with Gasteiger partial charge in [0.2, 0.25) is 0 Å². The first kappa shape index (κ1) is 14.7. The molecule has 2 aromatic carbocycles. The van der Waals surface area contributed by atoms with Crippen molar-refractivity contribution in [2.45, 2.75) is 26.8 Å². The van der Waals surface area contributed by atoms with Crippen LogP contribution in [0.2, 0.25) is 0 Å². The van der Waals surface area contributed by atoms with Crippen LogP contribution in [0.15, 0.2) is 36.4 Å². The minimum Gasteiger partial charge on any atom is -0.310 e. The molecule has 0 amide bonds. The summed E-state index contributed by atoms with van der Waals surface area (Å²) in [6.07, 6.45) is 0. The van der Waals surface area contributed by atoms with E-state index >= 15 is 0 Å². The fourth-order valence-electron chi connectivity index (χ4n) is 2.27. The zero-order valence-corrected chi connectivity index (χ0v) is 12.0. The van der Waals surface area contributed by atoms with E-state index in [-0.39, 0.29) is 17.7 Å². The van der Waals surface area contributed by atoms with E-state index in [0.717, 1.165) is 12.1 Å². The molecular weight excluding hydrogens is 256 g/mol. The second-order valence-electron chi connectivity index (χ2n) is 4.98. The van der Waals surface area contributed by atoms with Crippen LogP contribution in [0.1, 0.15) is 31.0 Å². The Morgan fingerprint density at radius 2 is 1.75 bits per heavy atom. The molecule has 1 N–H and O–H groups in total. The van der Waals surface area contributed by atoms with Gasteiger partial charge in [-0.25, -0.2) is 8.78 Å². The van der Waals surface area contributed by atoms with Crippen LogP contribution in [0.5, 0.6) is 0 Å². The van der Waals surface area contributed by atoms with Gasteiger partial charge in [0, 0.05) is 11.6 Å². The lowest BCUT2D eigenvalue weighted by molar-refractivity contribution is 0.592. The van der Waals surface area contributed by atoms with Gasteiger partial charge in [0.15, 0.2) is 0 Å². The van der Waals surface area contributed by atoms with Crippen molar-refractivity contribution >= 4 is 0 Å². The van der Waals surface area contributed by atoms with Crippen LogP contribution in [-0.4, -0.2) is 6.54 Å². The van der Waals surface area contributed by atoms with Gasteiger partial charge in [-0.05, 0) is 61.3 Å². The van der Waals surface area contributed by atoms with E-state index in [1.807, 2.05) is 19.9 Å². The number of hydrogen-bond donors (Lipinski definition) is 1. The summed E-state index contributed by atoms with van der Waals surface area (Å²) in [4.78, 5) is 0. The quantitative estimate of drug-likeness (QED) is 0.859. The highest BCUT2D eigenvalue weighted by Gasteiger charge is 2.11. The largest absolute Gasteiger partial charge is 0.310 e. The van der Waals surface area contributed by atoms with Crippen LogP contribution >= 0.6 is 0 Å². The van der Waals surface area contributed by atoms with E-state index in [4.69, 9.17) is 0 Å². The van der Waals surface area contributed by atoms with E-state index < -0.39 is 0 Å². The van der Waals surface area contributed by atoms with Gasteiger partial charge >= 0.3 is 0 Å². The van der Waals surface area contributed by atoms with Crippen LogP contribution in [0.25, 0.3) is 11.1 Å². The minimum atomic E-state index is -0.288. The van der Waals surface area contributed by atoms with E-state index in [1.165, 1.54) is 12.1 Å². The molecule has 106 valence electrons. The number of rotatable bonds is 4. The molecule has 3 heteroatoms. The Morgan fingerprint density at radius 1 is 1.05 bits per heavy atom. The highest BCUT2D eigenvalue weighted by Crippen LogP contribution is 2.27. The summed E-state index contributed by atoms with van der Waals surface area (Å²) in [7, 11) is 0. The standard InChI is InChI=1S/C17H19F2N/c1-4-20-12(3)13-5-8-17(19)15(10-13)14-6-7-16(18)11(2)9-14/h5-10,12,20H,4H2,1-3H3. The van der Waals surface area contributed by atoms with Crippen LogP contribution in [0.3, 0.4) is 0 Å². The Kier molecular flexibility index (Phi) is 4.50. The van der Waals surface area contributed by atoms with E-state index in [0.29, 0.717) is 16.7 Å². The molecule has 0 aliphatic carbocycles. The average molecular weight is 275 g/mol. The lowest BCUT2D eigenvalue weighted by Crippen LogP contribution is -2.17. The van der Waals surface area contributed by atoms with Crippen LogP contribution in [0, 0.1) is 18.6 Å². The van der Waals surface area contributed by atoms with Gasteiger partial charge in [-0.2, -0.15) is 0 Å². The summed E-state index contributed by atoms with van der Waals surface area (Å²) in [6, 6.07) is 9.90. The van der Waals surface area contributed by atoms with Gasteiger partial charge in [0.1, 0.15) is 11.6 Å². The molecule has 0 bridgehead atoms. The summed E-state index contributed by atoms with van der Waals surface area (Å²) in [6.45, 7) is 6.60. The summed E-state index contributed by atoms with van der Waals surface area (Å²) in [5, 5.41) is 3.30. The molecule has 0 aliphatic heterocycles. The molecule has 1 unspecified atom stereocenters. The predicted molar refractivity (Wildman–Crippen MR) is 78.6 cm³/mol. The summed E-state index contributed by atoms with van der Waals surface area (Å²) >= 11 is 0. The number of halogens is 2. The van der Waals surface area contributed by atoms with Gasteiger partial charge < -0.3 is 5.32 Å². The Balaban J connectivity index is 2.44. The molecule has 0 aromatic heterocycles. The van der Waals surface area contributed by atoms with Crippen molar-refractivity contribution in [1.29, 1.82) is 0 Å². The topological polar surface area (TPSA) is 12.0 Å². The molecular formula is C17H19F2N. The molecule has 0 saturated heterocycles. The summed E-state index contributed by atoms with van der Waals surface area (Å²) < 4.78 is 27.3. The second-order valence-corrected chi connectivity index (χ2v) is 4.98. The highest BCUT2D eigenvalue weighted by molar-refractivity contribution is 5.66. The first-order valence-corrected chi connectivity index (χ1v) is 6.82. The second kappa shape index (κ2) is 6.14. The average Bonchev–Trinajstić information content (AvgIpc) is 2.43. The van der Waals surface area contributed by atoms with Crippen molar-refractivity contribution in [1.82, 2.24) is 5.32 Å². The van der Waals surface area contributed by atoms with E-state index in [1.54, 1.807) is 25.1 Å². The van der Waals surface area contributed by atoms with Gasteiger partial charge in [0.25, 0.3) is 0 Å². The molecule has 2 aromatic rings. The van der Waals surface area contributed by atoms with Crippen molar-refractivity contribution in [2.75, 3.05) is 6.54 Å². The Labute approximate surface area is 118 Å². The molecule has 2 rings (SSSR count). The van der Waals surface area contributed by atoms with Gasteiger partial charge in [-0.1, -0.05) is 19.1 Å². The summed E-state index contributed by atoms with van der Waals surface area (Å²) in [5.41, 5.74) is 2.75. The Morgan fingerprint density at radius 3 is 2.40 bits per heavy atom. The maximum absolute atomic E-state index is 14.0. The maximum atomic E-state index is 14.0. The summed E-state index contributed by atoms with van der Waals surface area (Å²) in [5.74, 6) is -0.560. The molecule has 0 radical (unpaired) electrons. The first-order valence-electron chi connectivity index (χ1n) is 6.82. The van der Waals surface area contributed by atoms with Crippen molar-refractivity contribution in [3.63, 3.8) is 0 Å². The Bertz CT molecular complexity index is 608. The third kappa shape index (κ3) is 3.05. The van der Waals surface area contributed by atoms with Crippen LogP contribution < -0.4 is 5.32 Å². The third-order valence-electron chi connectivity index (χ3n) is 3.47. The molecule has 1 atom stereocenters. The fourth-order valence-corrected chi connectivity index (χ4v) is 2.27. The SMILES string of the molecule is CCNC(C)c1ccc(F)c(-c2ccc(F)c(C)c2)c1. The van der Waals surface area contributed by atoms with E-state index in [9.17, 15) is 8.78 Å². The molecule has 0 heterocycles. The monoisotopic (exact) mass is 275 g/mol. The molecule has 0 fully saturated rings. The van der Waals surface area contributed by atoms with Crippen LogP contribution in [0.4, 0.5) is 8.78 Å². The third-order valence-corrected chi connectivity index (χ3v) is 3.47. The molecule has 0 aliphatic rings. The smallest absolute Gasteiger partial charge is 0.131 e. The molecule has 0 saturated carbocycles.